The highest BCUT2D eigenvalue weighted by atomic mass is 19.4. The number of Topliss-reactive ketones (excluding diaryl/α,β-unsaturated/α-hetero) is 1. The summed E-state index contributed by atoms with van der Waals surface area (Å²) in [6.45, 7) is 9.20. The minimum absolute atomic E-state index is 0.0433. The van der Waals surface area contributed by atoms with E-state index >= 15 is 0 Å². The lowest BCUT2D eigenvalue weighted by atomic mass is 9.44. The minimum atomic E-state index is -4.51. The van der Waals surface area contributed by atoms with E-state index in [1.165, 1.54) is 6.42 Å². The lowest BCUT2D eigenvalue weighted by Crippen LogP contribution is -2.53. The van der Waals surface area contributed by atoms with Crippen molar-refractivity contribution in [2.75, 3.05) is 19.6 Å². The van der Waals surface area contributed by atoms with Crippen LogP contribution in [0.5, 0.6) is 0 Å². The molecule has 0 bridgehead atoms. The topological polar surface area (TPSA) is 71.0 Å². The van der Waals surface area contributed by atoms with Crippen molar-refractivity contribution >= 4 is 17.6 Å². The second-order valence-electron chi connectivity index (χ2n) is 13.3. The van der Waals surface area contributed by atoms with E-state index in [4.69, 9.17) is 4.84 Å². The fourth-order valence-electron chi connectivity index (χ4n) is 8.90. The van der Waals surface area contributed by atoms with Gasteiger partial charge in [-0.05, 0) is 86.4 Å². The minimum Gasteiger partial charge on any atom is -0.313 e. The average molecular weight is 542 g/mol. The SMILES string of the molecule is C/C(=N\OC(=O)N(CCNC(C)C)CC(F)(F)F)[C@H]1CC[C@H]2[C@@H]3CC[C@@H]4CC(=O)CC[C@]4(C)[C@H]3CC[C@]12C. The number of fused-ring (bicyclic) bond motifs is 5. The number of amides is 1. The average Bonchev–Trinajstić information content (AvgIpc) is 3.18. The van der Waals surface area contributed by atoms with Gasteiger partial charge in [0.2, 0.25) is 0 Å². The first kappa shape index (κ1) is 29.3. The first-order valence-corrected chi connectivity index (χ1v) is 14.6. The molecule has 6 nitrogen and oxygen atoms in total. The number of rotatable bonds is 7. The number of alkyl halides is 3. The molecule has 0 saturated heterocycles. The molecule has 0 aromatic heterocycles. The van der Waals surface area contributed by atoms with E-state index in [1.807, 2.05) is 20.8 Å². The van der Waals surface area contributed by atoms with Crippen molar-refractivity contribution in [1.29, 1.82) is 0 Å². The van der Waals surface area contributed by atoms with Crippen LogP contribution in [-0.2, 0) is 9.63 Å². The molecule has 38 heavy (non-hydrogen) atoms. The summed E-state index contributed by atoms with van der Waals surface area (Å²) in [5.74, 6) is 2.95. The van der Waals surface area contributed by atoms with Crippen LogP contribution >= 0.6 is 0 Å². The molecule has 0 spiro atoms. The van der Waals surface area contributed by atoms with E-state index in [9.17, 15) is 22.8 Å². The smallest absolute Gasteiger partial charge is 0.313 e. The number of hydrogen-bond donors (Lipinski definition) is 1. The maximum Gasteiger partial charge on any atom is 0.436 e. The number of ketones is 1. The quantitative estimate of drug-likeness (QED) is 0.224. The fraction of sp³-hybridized carbons (Fsp3) is 0.897. The standard InChI is InChI=1S/C29H46F3N3O3/c1-18(2)33-14-15-35(17-29(30,31)32)26(37)38-34-19(3)23-8-9-24-22-7-6-20-16-21(36)10-12-27(20,4)25(22)11-13-28(23,24)5/h18,20,22-25,33H,6-17H2,1-5H3/b34-19+/t20-,22+,23-,24+,25+,27+,28-/m1/s1. The number of oxime groups is 1. The number of carbonyl (C=O) groups excluding carboxylic acids is 2. The number of hydrogen-bond acceptors (Lipinski definition) is 5. The predicted molar refractivity (Wildman–Crippen MR) is 141 cm³/mol. The van der Waals surface area contributed by atoms with E-state index in [-0.39, 0.29) is 35.9 Å². The highest BCUT2D eigenvalue weighted by Gasteiger charge is 2.60. The Labute approximate surface area is 225 Å². The first-order valence-electron chi connectivity index (χ1n) is 14.6. The van der Waals surface area contributed by atoms with Gasteiger partial charge in [0.15, 0.2) is 0 Å². The number of carbonyl (C=O) groups is 2. The number of nitrogens with one attached hydrogen (secondary N) is 1. The van der Waals surface area contributed by atoms with Crippen molar-refractivity contribution in [2.24, 2.45) is 45.6 Å². The molecule has 0 radical (unpaired) electrons. The van der Waals surface area contributed by atoms with Crippen molar-refractivity contribution < 1.29 is 27.6 Å². The molecule has 4 aliphatic carbocycles. The van der Waals surface area contributed by atoms with Gasteiger partial charge in [-0.25, -0.2) is 4.79 Å². The van der Waals surface area contributed by atoms with Crippen LogP contribution in [0.1, 0.15) is 92.4 Å². The van der Waals surface area contributed by atoms with Crippen molar-refractivity contribution in [3.05, 3.63) is 0 Å². The van der Waals surface area contributed by atoms with E-state index in [2.05, 4.69) is 24.3 Å². The Kier molecular flexibility index (Phi) is 8.56. The summed E-state index contributed by atoms with van der Waals surface area (Å²) in [4.78, 5) is 30.6. The molecular weight excluding hydrogens is 495 g/mol. The van der Waals surface area contributed by atoms with E-state index in [1.54, 1.807) is 0 Å². The van der Waals surface area contributed by atoms with Gasteiger partial charge in [0, 0.05) is 37.9 Å². The van der Waals surface area contributed by atoms with Gasteiger partial charge in [0.25, 0.3) is 0 Å². The monoisotopic (exact) mass is 541 g/mol. The lowest BCUT2D eigenvalue weighted by Gasteiger charge is -2.60. The van der Waals surface area contributed by atoms with E-state index in [0.717, 1.165) is 51.4 Å². The molecule has 4 saturated carbocycles. The van der Waals surface area contributed by atoms with Gasteiger partial charge in [-0.2, -0.15) is 13.2 Å². The summed E-state index contributed by atoms with van der Waals surface area (Å²) >= 11 is 0. The summed E-state index contributed by atoms with van der Waals surface area (Å²) in [6.07, 6.45) is 3.49. The van der Waals surface area contributed by atoms with Gasteiger partial charge in [0.05, 0.1) is 5.71 Å². The van der Waals surface area contributed by atoms with Gasteiger partial charge in [-0.1, -0.05) is 32.9 Å². The van der Waals surface area contributed by atoms with E-state index in [0.29, 0.717) is 40.1 Å². The van der Waals surface area contributed by atoms with Crippen molar-refractivity contribution in [3.8, 4) is 0 Å². The Bertz CT molecular complexity index is 922. The van der Waals surface area contributed by atoms with Crippen LogP contribution in [0.25, 0.3) is 0 Å². The summed E-state index contributed by atoms with van der Waals surface area (Å²) in [7, 11) is 0. The van der Waals surface area contributed by atoms with Crippen LogP contribution in [0.3, 0.4) is 0 Å². The van der Waals surface area contributed by atoms with Crippen LogP contribution in [0, 0.1) is 40.4 Å². The third-order valence-corrected chi connectivity index (χ3v) is 10.8. The Morgan fingerprint density at radius 3 is 2.50 bits per heavy atom. The Morgan fingerprint density at radius 2 is 1.82 bits per heavy atom. The Balaban J connectivity index is 1.42. The molecule has 4 rings (SSSR count). The van der Waals surface area contributed by atoms with Crippen LogP contribution in [0.4, 0.5) is 18.0 Å². The molecule has 4 aliphatic rings. The zero-order chi connectivity index (χ0) is 27.9. The van der Waals surface area contributed by atoms with Crippen molar-refractivity contribution in [3.63, 3.8) is 0 Å². The van der Waals surface area contributed by atoms with Crippen molar-refractivity contribution in [2.45, 2.75) is 105 Å². The molecule has 0 aromatic rings. The molecule has 1 amide bonds. The molecule has 4 fully saturated rings. The second kappa shape index (κ2) is 11.1. The molecule has 9 heteroatoms. The number of nitrogens with zero attached hydrogens (tertiary/aromatic N) is 2. The lowest BCUT2D eigenvalue weighted by molar-refractivity contribution is -0.142. The molecule has 0 heterocycles. The first-order chi connectivity index (χ1) is 17.7. The molecule has 0 aliphatic heterocycles. The third-order valence-electron chi connectivity index (χ3n) is 10.8. The fourth-order valence-corrected chi connectivity index (χ4v) is 8.90. The summed E-state index contributed by atoms with van der Waals surface area (Å²) < 4.78 is 39.3. The molecule has 7 atom stereocenters. The third kappa shape index (κ3) is 5.92. The van der Waals surface area contributed by atoms with Gasteiger partial charge >= 0.3 is 12.3 Å². The summed E-state index contributed by atoms with van der Waals surface area (Å²) in [5.41, 5.74) is 1.00. The summed E-state index contributed by atoms with van der Waals surface area (Å²) in [6, 6.07) is 0.100. The molecular formula is C29H46F3N3O3. The van der Waals surface area contributed by atoms with Gasteiger partial charge in [0.1, 0.15) is 12.3 Å². The maximum atomic E-state index is 13.1. The normalized spacial score (nSPS) is 37.4. The van der Waals surface area contributed by atoms with Gasteiger partial charge < -0.3 is 5.32 Å². The molecule has 0 aromatic carbocycles. The highest BCUT2D eigenvalue weighted by molar-refractivity contribution is 5.85. The Morgan fingerprint density at radius 1 is 1.11 bits per heavy atom. The molecule has 0 unspecified atom stereocenters. The molecule has 216 valence electrons. The van der Waals surface area contributed by atoms with Crippen LogP contribution in [-0.4, -0.2) is 54.3 Å². The van der Waals surface area contributed by atoms with Crippen LogP contribution in [0.2, 0.25) is 0 Å². The zero-order valence-corrected chi connectivity index (χ0v) is 23.7. The largest absolute Gasteiger partial charge is 0.436 e. The van der Waals surface area contributed by atoms with Crippen LogP contribution < -0.4 is 5.32 Å². The van der Waals surface area contributed by atoms with E-state index < -0.39 is 18.8 Å². The second-order valence-corrected chi connectivity index (χ2v) is 13.3. The van der Waals surface area contributed by atoms with Crippen molar-refractivity contribution in [1.82, 2.24) is 10.2 Å². The van der Waals surface area contributed by atoms with Crippen LogP contribution in [0.15, 0.2) is 5.16 Å². The van der Waals surface area contributed by atoms with Gasteiger partial charge in [-0.3, -0.25) is 14.5 Å². The summed E-state index contributed by atoms with van der Waals surface area (Å²) in [5, 5.41) is 7.17. The maximum absolute atomic E-state index is 13.1. The Hall–Kier alpha value is -1.64. The molecule has 1 N–H and O–H groups in total. The number of halogens is 3. The predicted octanol–water partition coefficient (Wildman–Crippen LogP) is 6.59. The highest BCUT2D eigenvalue weighted by Crippen LogP contribution is 2.67. The van der Waals surface area contributed by atoms with Gasteiger partial charge in [-0.15, -0.1) is 0 Å². The zero-order valence-electron chi connectivity index (χ0n) is 23.7.